The van der Waals surface area contributed by atoms with Crippen molar-refractivity contribution in [2.45, 2.75) is 26.9 Å². The maximum absolute atomic E-state index is 11.3. The second-order valence-corrected chi connectivity index (χ2v) is 3.19. The lowest BCUT2D eigenvalue weighted by molar-refractivity contribution is -0.151. The van der Waals surface area contributed by atoms with Gasteiger partial charge in [-0.1, -0.05) is 20.4 Å². The van der Waals surface area contributed by atoms with Crippen LogP contribution in [0.25, 0.3) is 0 Å². The average molecular weight is 195 g/mol. The Morgan fingerprint density at radius 2 is 1.86 bits per heavy atom. The quantitative estimate of drug-likeness (QED) is 0.384. The topological polar surface area (TPSA) is 67.2 Å². The molecule has 0 aromatic heterocycles. The van der Waals surface area contributed by atoms with E-state index in [4.69, 9.17) is 10.00 Å². The van der Waals surface area contributed by atoms with Gasteiger partial charge >= 0.3 is 5.97 Å². The van der Waals surface area contributed by atoms with Crippen LogP contribution >= 0.6 is 0 Å². The number of hydrogen-bond donors (Lipinski definition) is 0. The van der Waals surface area contributed by atoms with Gasteiger partial charge in [0.2, 0.25) is 0 Å². The molecule has 0 saturated heterocycles. The summed E-state index contributed by atoms with van der Waals surface area (Å²) in [6.07, 6.45) is -0.826. The van der Waals surface area contributed by atoms with Crippen molar-refractivity contribution < 1.29 is 14.3 Å². The Labute approximate surface area is 83.2 Å². The summed E-state index contributed by atoms with van der Waals surface area (Å²) in [6.45, 7) is 8.09. The number of nitrogens with zero attached hydrogens (tertiary/aromatic N) is 1. The van der Waals surface area contributed by atoms with Crippen LogP contribution in [-0.4, -0.2) is 17.9 Å². The summed E-state index contributed by atoms with van der Waals surface area (Å²) in [6, 6.07) is 1.56. The van der Waals surface area contributed by atoms with Gasteiger partial charge in [-0.25, -0.2) is 4.79 Å². The van der Waals surface area contributed by atoms with Gasteiger partial charge in [0.05, 0.1) is 0 Å². The number of carbonyl (C=O) groups excluding carboxylic acids is 2. The van der Waals surface area contributed by atoms with Gasteiger partial charge < -0.3 is 4.74 Å². The third-order valence-corrected chi connectivity index (χ3v) is 1.63. The molecule has 0 aliphatic rings. The number of esters is 1. The first-order valence-electron chi connectivity index (χ1n) is 4.23. The van der Waals surface area contributed by atoms with Crippen LogP contribution < -0.4 is 0 Å². The summed E-state index contributed by atoms with van der Waals surface area (Å²) < 4.78 is 4.72. The molecule has 0 radical (unpaired) electrons. The SMILES string of the molecule is C=C(C#N)C(=O)OC(C)C(=O)C(C)C. The molecule has 0 N–H and O–H groups in total. The molecule has 1 unspecified atom stereocenters. The van der Waals surface area contributed by atoms with E-state index in [0.717, 1.165) is 0 Å². The highest BCUT2D eigenvalue weighted by atomic mass is 16.5. The lowest BCUT2D eigenvalue weighted by Gasteiger charge is -2.13. The van der Waals surface area contributed by atoms with E-state index in [1.54, 1.807) is 19.9 Å². The zero-order chi connectivity index (χ0) is 11.3. The van der Waals surface area contributed by atoms with E-state index in [0.29, 0.717) is 0 Å². The number of nitriles is 1. The van der Waals surface area contributed by atoms with Crippen molar-refractivity contribution in [2.24, 2.45) is 5.92 Å². The molecule has 0 spiro atoms. The van der Waals surface area contributed by atoms with Gasteiger partial charge in [-0.05, 0) is 6.92 Å². The smallest absolute Gasteiger partial charge is 0.348 e. The molecule has 76 valence electrons. The van der Waals surface area contributed by atoms with Crippen LogP contribution in [0.4, 0.5) is 0 Å². The third-order valence-electron chi connectivity index (χ3n) is 1.63. The van der Waals surface area contributed by atoms with E-state index in [1.807, 2.05) is 0 Å². The fraction of sp³-hybridized carbons (Fsp3) is 0.500. The first-order chi connectivity index (χ1) is 6.40. The van der Waals surface area contributed by atoms with Gasteiger partial charge in [0, 0.05) is 5.92 Å². The van der Waals surface area contributed by atoms with Crippen molar-refractivity contribution in [3.63, 3.8) is 0 Å². The molecule has 0 rings (SSSR count). The summed E-state index contributed by atoms with van der Waals surface area (Å²) in [5.41, 5.74) is -0.298. The molecule has 0 saturated carbocycles. The maximum atomic E-state index is 11.3. The Bertz CT molecular complexity index is 299. The summed E-state index contributed by atoms with van der Waals surface area (Å²) in [5.74, 6) is -1.22. The first kappa shape index (κ1) is 12.4. The average Bonchev–Trinajstić information content (AvgIpc) is 2.14. The molecule has 14 heavy (non-hydrogen) atoms. The molecular formula is C10H13NO3. The van der Waals surface area contributed by atoms with E-state index >= 15 is 0 Å². The number of hydrogen-bond acceptors (Lipinski definition) is 4. The van der Waals surface area contributed by atoms with Crippen molar-refractivity contribution >= 4 is 11.8 Å². The van der Waals surface area contributed by atoms with Crippen LogP contribution in [0.3, 0.4) is 0 Å². The molecule has 4 heteroatoms. The maximum Gasteiger partial charge on any atom is 0.348 e. The normalized spacial score (nSPS) is 11.6. The van der Waals surface area contributed by atoms with Crippen molar-refractivity contribution in [3.8, 4) is 6.07 Å². The first-order valence-corrected chi connectivity index (χ1v) is 4.23. The van der Waals surface area contributed by atoms with E-state index in [9.17, 15) is 9.59 Å². The lowest BCUT2D eigenvalue weighted by atomic mass is 10.1. The second kappa shape index (κ2) is 5.18. The van der Waals surface area contributed by atoms with Crippen LogP contribution in [0, 0.1) is 17.2 Å². The molecule has 0 aromatic rings. The third kappa shape index (κ3) is 3.40. The molecular weight excluding hydrogens is 182 g/mol. The molecule has 0 heterocycles. The lowest BCUT2D eigenvalue weighted by Crippen LogP contribution is -2.28. The summed E-state index contributed by atoms with van der Waals surface area (Å²) in [7, 11) is 0. The van der Waals surface area contributed by atoms with E-state index in [-0.39, 0.29) is 17.3 Å². The highest BCUT2D eigenvalue weighted by molar-refractivity contribution is 5.94. The number of rotatable bonds is 4. The summed E-state index contributed by atoms with van der Waals surface area (Å²) in [4.78, 5) is 22.3. The van der Waals surface area contributed by atoms with Gasteiger partial charge in [0.25, 0.3) is 0 Å². The summed E-state index contributed by atoms with van der Waals surface area (Å²) >= 11 is 0. The number of ether oxygens (including phenoxy) is 1. The Morgan fingerprint density at radius 3 is 2.21 bits per heavy atom. The van der Waals surface area contributed by atoms with E-state index in [2.05, 4.69) is 6.58 Å². The molecule has 4 nitrogen and oxygen atoms in total. The van der Waals surface area contributed by atoms with Gasteiger partial charge in [-0.15, -0.1) is 0 Å². The monoisotopic (exact) mass is 195 g/mol. The highest BCUT2D eigenvalue weighted by Crippen LogP contribution is 2.05. The van der Waals surface area contributed by atoms with Gasteiger partial charge in [0.1, 0.15) is 11.6 Å². The van der Waals surface area contributed by atoms with Crippen LogP contribution in [-0.2, 0) is 14.3 Å². The van der Waals surface area contributed by atoms with Crippen LogP contribution in [0.1, 0.15) is 20.8 Å². The molecule has 0 aliphatic carbocycles. The highest BCUT2D eigenvalue weighted by Gasteiger charge is 2.21. The van der Waals surface area contributed by atoms with Crippen LogP contribution in [0.2, 0.25) is 0 Å². The largest absolute Gasteiger partial charge is 0.451 e. The van der Waals surface area contributed by atoms with E-state index in [1.165, 1.54) is 6.92 Å². The number of carbonyl (C=O) groups is 2. The minimum absolute atomic E-state index is 0.177. The minimum atomic E-state index is -0.839. The molecule has 0 aromatic carbocycles. The minimum Gasteiger partial charge on any atom is -0.451 e. The fourth-order valence-corrected chi connectivity index (χ4v) is 0.805. The molecule has 0 amide bonds. The van der Waals surface area contributed by atoms with Crippen LogP contribution in [0.5, 0.6) is 0 Å². The van der Waals surface area contributed by atoms with Crippen molar-refractivity contribution in [1.29, 1.82) is 5.26 Å². The summed E-state index contributed by atoms with van der Waals surface area (Å²) in [5, 5.41) is 8.33. The van der Waals surface area contributed by atoms with Gasteiger partial charge in [0.15, 0.2) is 11.9 Å². The molecule has 1 atom stereocenters. The van der Waals surface area contributed by atoms with Crippen LogP contribution in [0.15, 0.2) is 12.2 Å². The van der Waals surface area contributed by atoms with Gasteiger partial charge in [-0.2, -0.15) is 5.26 Å². The Hall–Kier alpha value is -1.63. The Kier molecular flexibility index (Phi) is 4.57. The molecule has 0 aliphatic heterocycles. The van der Waals surface area contributed by atoms with Crippen molar-refractivity contribution in [3.05, 3.63) is 12.2 Å². The molecule has 0 fully saturated rings. The zero-order valence-corrected chi connectivity index (χ0v) is 8.53. The fourth-order valence-electron chi connectivity index (χ4n) is 0.805. The molecule has 0 bridgehead atoms. The van der Waals surface area contributed by atoms with Gasteiger partial charge in [-0.3, -0.25) is 4.79 Å². The standard InChI is InChI=1S/C10H13NO3/c1-6(2)9(12)8(4)14-10(13)7(3)5-11/h6,8H,3H2,1-2,4H3. The number of Topliss-reactive ketones (excluding diaryl/α,β-unsaturated/α-hetero) is 1. The Morgan fingerprint density at radius 1 is 1.36 bits per heavy atom. The van der Waals surface area contributed by atoms with Crippen molar-refractivity contribution in [1.82, 2.24) is 0 Å². The predicted octanol–water partition coefficient (Wildman–Crippen LogP) is 1.22. The number of ketones is 1. The second-order valence-electron chi connectivity index (χ2n) is 3.19. The van der Waals surface area contributed by atoms with E-state index < -0.39 is 12.1 Å². The van der Waals surface area contributed by atoms with Crippen molar-refractivity contribution in [2.75, 3.05) is 0 Å². The Balaban J connectivity index is 4.28. The predicted molar refractivity (Wildman–Crippen MR) is 50.2 cm³/mol. The zero-order valence-electron chi connectivity index (χ0n) is 8.53.